The van der Waals surface area contributed by atoms with Gasteiger partial charge in [0, 0.05) is 65.9 Å². The zero-order chi connectivity index (χ0) is 80.2. The molecule has 15 nitrogen and oxygen atoms in total. The Morgan fingerprint density at radius 1 is 0.505 bits per heavy atom. The topological polar surface area (TPSA) is 196 Å². The van der Waals surface area contributed by atoms with Crippen LogP contribution in [0, 0.1) is 74.4 Å². The SMILES string of the molecule is CC(C)CC(C(=O)O)n1cc(CCN(C)C)c(C(F)(F)F)cc1=O.CCOC(=O)C[C@H](N)c1c(F)c(-c2c(C)cc(F)cc2C)cc(C(F)(F)F)c1F.CCOC(=O)C[C@H](NC(=O)C(CC(C)C)n1cc(CCN(C)C)c(C(F)(F)F)cc1=O)c1c(F)c(-c2c(C)cc(F)cc2C)cc(C(F)(F)F)c1F.S.S. The average Bonchev–Trinajstić information content (AvgIpc) is 0.763. The maximum Gasteiger partial charge on any atom is 0.419 e. The van der Waals surface area contributed by atoms with Crippen molar-refractivity contribution < 1.29 is 113 Å². The van der Waals surface area contributed by atoms with Gasteiger partial charge in [0.05, 0.1) is 54.4 Å². The van der Waals surface area contributed by atoms with E-state index in [0.29, 0.717) is 24.7 Å². The van der Waals surface area contributed by atoms with Gasteiger partial charge in [0.15, 0.2) is 0 Å². The Hall–Kier alpha value is -8.02. The van der Waals surface area contributed by atoms with Gasteiger partial charge in [-0.3, -0.25) is 24.0 Å². The number of carboxylic acid groups (broad SMARTS) is 1. The van der Waals surface area contributed by atoms with Crippen LogP contribution in [0.4, 0.5) is 79.0 Å². The summed E-state index contributed by atoms with van der Waals surface area (Å²) in [5.74, 6) is -13.4. The van der Waals surface area contributed by atoms with Gasteiger partial charge in [-0.1, -0.05) is 27.7 Å². The highest BCUT2D eigenvalue weighted by atomic mass is 32.1. The van der Waals surface area contributed by atoms with Crippen LogP contribution < -0.4 is 22.2 Å². The minimum atomic E-state index is -5.42. The predicted octanol–water partition coefficient (Wildman–Crippen LogP) is 16.3. The van der Waals surface area contributed by atoms with Crippen LogP contribution in [-0.2, 0) is 66.2 Å². The van der Waals surface area contributed by atoms with Crippen LogP contribution >= 0.6 is 27.0 Å². The number of hydrogen-bond acceptors (Lipinski definition) is 11. The van der Waals surface area contributed by atoms with E-state index in [1.54, 1.807) is 65.7 Å². The van der Waals surface area contributed by atoms with Crippen molar-refractivity contribution in [2.45, 2.75) is 157 Å². The summed E-state index contributed by atoms with van der Waals surface area (Å²) in [6.07, 6.45) is -20.2. The number of likely N-dealkylation sites (N-methyl/N-ethyl adjacent to an activating group) is 2. The predicted molar refractivity (Wildman–Crippen MR) is 374 cm³/mol. The van der Waals surface area contributed by atoms with Crippen LogP contribution in [0.3, 0.4) is 0 Å². The average molecular weight is 1590 g/mol. The van der Waals surface area contributed by atoms with Gasteiger partial charge >= 0.3 is 42.6 Å². The number of pyridine rings is 2. The van der Waals surface area contributed by atoms with Crippen LogP contribution in [0.2, 0.25) is 0 Å². The Bertz CT molecular complexity index is 4190. The van der Waals surface area contributed by atoms with E-state index in [0.717, 1.165) is 45.8 Å². The van der Waals surface area contributed by atoms with Crippen molar-refractivity contribution in [1.82, 2.24) is 24.3 Å². The first-order chi connectivity index (χ1) is 48.3. The lowest BCUT2D eigenvalue weighted by Gasteiger charge is -2.28. The quantitative estimate of drug-likeness (QED) is 0.0363. The van der Waals surface area contributed by atoms with Gasteiger partial charge in [0.1, 0.15) is 47.0 Å². The standard InChI is InChI=1S/C36H40F9N3O4.C20H19F6NO2.C16H23F3N2O3.2H2S/c1-8-52-29(50)16-26(31-32(38)23(14-25(33(31)39)36(43,44)45)30-19(4)12-22(37)13-20(30)5)46-34(51)27(11-18(2)3)48-17-21(9-10-47(6)7)24(15-28(48)49)35(40,41)42;1-4-29-15(28)8-14(27)17-18(22)12(7-13(19(17)23)20(24,25)26)16-9(2)5-11(21)6-10(16)3;1-10(2)7-13(15(23)24)21-9-11(5-6-20(3)4)12(8-14(21)22)16(17,18)19;;/h12-15,17-18,26-27H,8-11,16H2,1-7H3,(H,46,51);5-7,14H,4,8,27H2,1-3H3;8-10,13H,5-7H2,1-4H3,(H,23,24);2*1H2/t26-,27?;14-;;;/m00.../s1. The van der Waals surface area contributed by atoms with Gasteiger partial charge in [0.2, 0.25) is 5.91 Å². The van der Waals surface area contributed by atoms with Gasteiger partial charge in [-0.25, -0.2) is 31.1 Å². The molecule has 1 amide bonds. The number of carbonyl (C=O) groups excluding carboxylic acids is 3. The summed E-state index contributed by atoms with van der Waals surface area (Å²) < 4.78 is 266. The third-order valence-corrected chi connectivity index (χ3v) is 16.3. The van der Waals surface area contributed by atoms with Crippen molar-refractivity contribution >= 4 is 50.8 Å². The molecule has 0 bridgehead atoms. The van der Waals surface area contributed by atoms with Crippen molar-refractivity contribution in [2.24, 2.45) is 17.6 Å². The molecule has 2 unspecified atom stereocenters. The number of ether oxygens (including phenoxy) is 2. The number of nitrogens with one attached hydrogen (secondary N) is 1. The molecule has 4 N–H and O–H groups in total. The van der Waals surface area contributed by atoms with Gasteiger partial charge in [-0.2, -0.15) is 79.7 Å². The van der Waals surface area contributed by atoms with E-state index in [-0.39, 0.29) is 129 Å². The summed E-state index contributed by atoms with van der Waals surface area (Å²) in [5, 5.41) is 11.6. The van der Waals surface area contributed by atoms with Crippen LogP contribution in [0.15, 0.2) is 70.5 Å². The molecule has 0 saturated heterocycles. The van der Waals surface area contributed by atoms with Crippen LogP contribution in [0.5, 0.6) is 0 Å². The number of nitrogens with two attached hydrogens (primary N) is 1. The number of rotatable bonds is 25. The van der Waals surface area contributed by atoms with E-state index in [9.17, 15) is 99.7 Å². The Balaban J connectivity index is 0.000000596. The number of nitrogens with zero attached hydrogens (tertiary/aromatic N) is 4. The molecule has 0 saturated carbocycles. The van der Waals surface area contributed by atoms with Gasteiger partial charge < -0.3 is 44.6 Å². The first-order valence-electron chi connectivity index (χ1n) is 32.5. The van der Waals surface area contributed by atoms with E-state index in [1.165, 1.54) is 41.5 Å². The fourth-order valence-electron chi connectivity index (χ4n) is 11.6. The van der Waals surface area contributed by atoms with Crippen LogP contribution in [0.25, 0.3) is 22.3 Å². The maximum atomic E-state index is 16.6. The fraction of sp³-hybridized carbons (Fsp3) is 0.472. The maximum absolute atomic E-state index is 16.6. The zero-order valence-electron chi connectivity index (χ0n) is 60.7. The van der Waals surface area contributed by atoms with Crippen molar-refractivity contribution in [3.63, 3.8) is 0 Å². The third-order valence-electron chi connectivity index (χ3n) is 16.3. The molecular weight excluding hydrogens is 1500 g/mol. The van der Waals surface area contributed by atoms with E-state index < -0.39 is 182 Å². The molecular formula is C72H86F18N6O9S2. The number of esters is 2. The number of aryl methyl sites for hydroxylation is 4. The Morgan fingerprint density at radius 2 is 0.832 bits per heavy atom. The largest absolute Gasteiger partial charge is 0.480 e. The molecule has 0 spiro atoms. The highest BCUT2D eigenvalue weighted by Gasteiger charge is 2.43. The van der Waals surface area contributed by atoms with Gasteiger partial charge in [-0.15, -0.1) is 0 Å². The summed E-state index contributed by atoms with van der Waals surface area (Å²) in [5.41, 5.74) is -6.59. The molecule has 4 aromatic carbocycles. The van der Waals surface area contributed by atoms with Gasteiger partial charge in [0.25, 0.3) is 11.1 Å². The van der Waals surface area contributed by atoms with Crippen molar-refractivity contribution in [1.29, 1.82) is 0 Å². The molecule has 107 heavy (non-hydrogen) atoms. The molecule has 2 heterocycles. The van der Waals surface area contributed by atoms with Crippen molar-refractivity contribution in [3.8, 4) is 22.3 Å². The normalized spacial score (nSPS) is 13.0. The summed E-state index contributed by atoms with van der Waals surface area (Å²) in [7, 11) is 6.67. The number of alkyl halides is 12. The number of carbonyl (C=O) groups is 4. The summed E-state index contributed by atoms with van der Waals surface area (Å²) >= 11 is 0. The first-order valence-corrected chi connectivity index (χ1v) is 32.5. The molecule has 0 aliphatic carbocycles. The molecule has 596 valence electrons. The second-order valence-corrected chi connectivity index (χ2v) is 26.2. The number of carboxylic acids is 1. The number of hydrogen-bond donors (Lipinski definition) is 3. The number of aromatic nitrogens is 2. The van der Waals surface area contributed by atoms with E-state index >= 15 is 13.2 Å². The molecule has 0 aliphatic rings. The minimum absolute atomic E-state index is 0. The summed E-state index contributed by atoms with van der Waals surface area (Å²) in [6, 6.07) is -1.43. The zero-order valence-corrected chi connectivity index (χ0v) is 62.7. The van der Waals surface area contributed by atoms with Gasteiger partial charge in [-0.05, 0) is 188 Å². The van der Waals surface area contributed by atoms with E-state index in [2.05, 4.69) is 10.1 Å². The molecule has 6 aromatic rings. The minimum Gasteiger partial charge on any atom is -0.480 e. The van der Waals surface area contributed by atoms with Crippen molar-refractivity contribution in [2.75, 3.05) is 54.5 Å². The molecule has 35 heteroatoms. The lowest BCUT2D eigenvalue weighted by atomic mass is 9.89. The van der Waals surface area contributed by atoms with E-state index in [1.807, 2.05) is 0 Å². The molecule has 0 radical (unpaired) electrons. The highest BCUT2D eigenvalue weighted by molar-refractivity contribution is 7.59. The summed E-state index contributed by atoms with van der Waals surface area (Å²) in [6.45, 7) is 15.2. The lowest BCUT2D eigenvalue weighted by molar-refractivity contribution is -0.145. The summed E-state index contributed by atoms with van der Waals surface area (Å²) in [4.78, 5) is 78.5. The molecule has 0 fully saturated rings. The van der Waals surface area contributed by atoms with Crippen LogP contribution in [0.1, 0.15) is 158 Å². The number of halogens is 18. The molecule has 2 aromatic heterocycles. The second-order valence-electron chi connectivity index (χ2n) is 26.2. The monoisotopic (exact) mass is 1580 g/mol. The molecule has 4 atom stereocenters. The van der Waals surface area contributed by atoms with Crippen molar-refractivity contribution in [3.05, 3.63) is 183 Å². The molecule has 0 aliphatic heterocycles. The Kier molecular flexibility index (Phi) is 35.0. The number of amides is 1. The molecule has 6 rings (SSSR count). The smallest absolute Gasteiger partial charge is 0.419 e. The lowest BCUT2D eigenvalue weighted by Crippen LogP contribution is -2.41. The first kappa shape index (κ1) is 95.1. The third kappa shape index (κ3) is 25.5. The Labute approximate surface area is 619 Å². The number of aliphatic carboxylic acids is 1. The van der Waals surface area contributed by atoms with E-state index in [4.69, 9.17) is 10.5 Å². The fourth-order valence-corrected chi connectivity index (χ4v) is 11.6. The Morgan fingerprint density at radius 3 is 1.16 bits per heavy atom. The highest BCUT2D eigenvalue weighted by Crippen LogP contribution is 2.45. The number of benzene rings is 4. The van der Waals surface area contributed by atoms with Crippen LogP contribution in [-0.4, -0.2) is 102 Å². The second kappa shape index (κ2) is 39.4.